The summed E-state index contributed by atoms with van der Waals surface area (Å²) in [4.78, 5) is 15.7. The van der Waals surface area contributed by atoms with Gasteiger partial charge in [-0.3, -0.25) is 9.69 Å². The van der Waals surface area contributed by atoms with Crippen molar-refractivity contribution < 1.29 is 18.0 Å². The number of carbonyl (C=O) groups excluding carboxylic acids is 1. The molecule has 1 heterocycles. The Morgan fingerprint density at radius 1 is 1.10 bits per heavy atom. The van der Waals surface area contributed by atoms with Gasteiger partial charge in [0.15, 0.2) is 0 Å². The minimum absolute atomic E-state index is 0.118. The number of para-hydroxylation sites is 1. The highest BCUT2D eigenvalue weighted by molar-refractivity contribution is 9.10. The van der Waals surface area contributed by atoms with Crippen LogP contribution in [-0.4, -0.2) is 43.5 Å². The molecule has 0 unspecified atom stereocenters. The number of benzene rings is 2. The van der Waals surface area contributed by atoms with Crippen molar-refractivity contribution in [3.05, 3.63) is 58.1 Å². The van der Waals surface area contributed by atoms with E-state index in [2.05, 4.69) is 26.1 Å². The molecule has 0 aromatic heterocycles. The Kier molecular flexibility index (Phi) is 6.85. The zero-order valence-electron chi connectivity index (χ0n) is 16.1. The Morgan fingerprint density at radius 3 is 2.45 bits per heavy atom. The molecule has 1 aliphatic rings. The first-order valence-corrected chi connectivity index (χ1v) is 10.2. The van der Waals surface area contributed by atoms with E-state index in [9.17, 15) is 18.0 Å². The van der Waals surface area contributed by atoms with Crippen molar-refractivity contribution >= 4 is 33.2 Å². The molecule has 0 atom stereocenters. The SMILES string of the molecule is CC(=O)Nc1c(Br)cccc1CCN1CCN(c2cccc(C(F)(F)F)c2)CC1. The minimum Gasteiger partial charge on any atom is -0.369 e. The highest BCUT2D eigenvalue weighted by Crippen LogP contribution is 2.32. The number of nitrogens with zero attached hydrogens (tertiary/aromatic N) is 2. The summed E-state index contributed by atoms with van der Waals surface area (Å²) in [5.41, 5.74) is 1.84. The van der Waals surface area contributed by atoms with E-state index in [1.54, 1.807) is 6.07 Å². The van der Waals surface area contributed by atoms with Crippen molar-refractivity contribution in [2.24, 2.45) is 0 Å². The number of piperazine rings is 1. The van der Waals surface area contributed by atoms with Crippen LogP contribution in [0.4, 0.5) is 24.5 Å². The van der Waals surface area contributed by atoms with Gasteiger partial charge < -0.3 is 10.2 Å². The van der Waals surface area contributed by atoms with E-state index in [0.29, 0.717) is 18.8 Å². The molecule has 0 radical (unpaired) electrons. The maximum absolute atomic E-state index is 12.9. The molecule has 8 heteroatoms. The van der Waals surface area contributed by atoms with Gasteiger partial charge >= 0.3 is 6.18 Å². The summed E-state index contributed by atoms with van der Waals surface area (Å²) in [6.45, 7) is 5.21. The lowest BCUT2D eigenvalue weighted by molar-refractivity contribution is -0.137. The number of rotatable bonds is 5. The van der Waals surface area contributed by atoms with E-state index < -0.39 is 11.7 Å². The third kappa shape index (κ3) is 5.73. The van der Waals surface area contributed by atoms with Crippen LogP contribution in [0.1, 0.15) is 18.1 Å². The van der Waals surface area contributed by atoms with Crippen LogP contribution < -0.4 is 10.2 Å². The highest BCUT2D eigenvalue weighted by atomic mass is 79.9. The molecule has 3 rings (SSSR count). The summed E-state index contributed by atoms with van der Waals surface area (Å²) in [5, 5.41) is 2.87. The second-order valence-corrected chi connectivity index (χ2v) is 7.94. The topological polar surface area (TPSA) is 35.6 Å². The molecule has 1 amide bonds. The summed E-state index contributed by atoms with van der Waals surface area (Å²) in [6.07, 6.45) is -3.55. The van der Waals surface area contributed by atoms with Gasteiger partial charge in [0.1, 0.15) is 0 Å². The zero-order chi connectivity index (χ0) is 21.0. The fourth-order valence-electron chi connectivity index (χ4n) is 3.48. The van der Waals surface area contributed by atoms with Gasteiger partial charge in [0, 0.05) is 49.8 Å². The molecule has 0 aliphatic carbocycles. The first-order valence-electron chi connectivity index (χ1n) is 9.43. The summed E-state index contributed by atoms with van der Waals surface area (Å²) in [7, 11) is 0. The lowest BCUT2D eigenvalue weighted by atomic mass is 10.1. The third-order valence-electron chi connectivity index (χ3n) is 5.01. The van der Waals surface area contributed by atoms with Crippen LogP contribution in [0.25, 0.3) is 0 Å². The third-order valence-corrected chi connectivity index (χ3v) is 5.67. The number of carbonyl (C=O) groups is 1. The fourth-order valence-corrected chi connectivity index (χ4v) is 3.99. The van der Waals surface area contributed by atoms with Gasteiger partial charge in [-0.05, 0) is 52.2 Å². The molecule has 0 bridgehead atoms. The van der Waals surface area contributed by atoms with Crippen molar-refractivity contribution in [2.45, 2.75) is 19.5 Å². The van der Waals surface area contributed by atoms with Crippen molar-refractivity contribution in [2.75, 3.05) is 42.9 Å². The van der Waals surface area contributed by atoms with Crippen molar-refractivity contribution in [1.29, 1.82) is 0 Å². The van der Waals surface area contributed by atoms with Crippen molar-refractivity contribution in [1.82, 2.24) is 4.90 Å². The van der Waals surface area contributed by atoms with Gasteiger partial charge in [-0.2, -0.15) is 13.2 Å². The first kappa shape index (κ1) is 21.6. The second kappa shape index (κ2) is 9.17. The van der Waals surface area contributed by atoms with E-state index in [4.69, 9.17) is 0 Å². The largest absolute Gasteiger partial charge is 0.416 e. The average Bonchev–Trinajstić information content (AvgIpc) is 2.68. The van der Waals surface area contributed by atoms with Gasteiger partial charge in [-0.15, -0.1) is 0 Å². The van der Waals surface area contributed by atoms with Crippen molar-refractivity contribution in [3.63, 3.8) is 0 Å². The predicted octanol–water partition coefficient (Wildman–Crippen LogP) is 4.79. The van der Waals surface area contributed by atoms with E-state index in [-0.39, 0.29) is 5.91 Å². The molecule has 4 nitrogen and oxygen atoms in total. The van der Waals surface area contributed by atoms with E-state index in [1.165, 1.54) is 19.1 Å². The monoisotopic (exact) mass is 469 g/mol. The molecule has 2 aromatic carbocycles. The average molecular weight is 470 g/mol. The second-order valence-electron chi connectivity index (χ2n) is 7.08. The van der Waals surface area contributed by atoms with Crippen molar-refractivity contribution in [3.8, 4) is 0 Å². The minimum atomic E-state index is -4.33. The van der Waals surface area contributed by atoms with E-state index >= 15 is 0 Å². The Labute approximate surface area is 176 Å². The number of anilines is 2. The Morgan fingerprint density at radius 2 is 1.79 bits per heavy atom. The number of nitrogens with one attached hydrogen (secondary N) is 1. The quantitative estimate of drug-likeness (QED) is 0.683. The van der Waals surface area contributed by atoms with Crippen LogP contribution in [0.2, 0.25) is 0 Å². The van der Waals surface area contributed by atoms with Crippen LogP contribution in [0.3, 0.4) is 0 Å². The molecule has 156 valence electrons. The lowest BCUT2D eigenvalue weighted by Crippen LogP contribution is -2.47. The normalized spacial score (nSPS) is 15.4. The van der Waals surface area contributed by atoms with Gasteiger partial charge in [0.25, 0.3) is 0 Å². The van der Waals surface area contributed by atoms with E-state index in [0.717, 1.165) is 47.8 Å². The Balaban J connectivity index is 1.58. The Hall–Kier alpha value is -2.06. The fraction of sp³-hybridized carbons (Fsp3) is 0.381. The van der Waals surface area contributed by atoms with Gasteiger partial charge in [-0.1, -0.05) is 18.2 Å². The molecule has 2 aromatic rings. The smallest absolute Gasteiger partial charge is 0.369 e. The summed E-state index contributed by atoms with van der Waals surface area (Å²) < 4.78 is 39.7. The van der Waals surface area contributed by atoms with Gasteiger partial charge in [0.05, 0.1) is 11.3 Å². The number of halogens is 4. The molecule has 1 fully saturated rings. The maximum Gasteiger partial charge on any atom is 0.416 e. The Bertz CT molecular complexity index is 864. The number of hydrogen-bond donors (Lipinski definition) is 1. The van der Waals surface area contributed by atoms with Crippen LogP contribution in [0.15, 0.2) is 46.9 Å². The molecule has 29 heavy (non-hydrogen) atoms. The lowest BCUT2D eigenvalue weighted by Gasteiger charge is -2.36. The van der Waals surface area contributed by atoms with Crippen LogP contribution >= 0.6 is 15.9 Å². The summed E-state index contributed by atoms with van der Waals surface area (Å²) >= 11 is 3.48. The summed E-state index contributed by atoms with van der Waals surface area (Å²) in [5.74, 6) is -0.118. The number of amides is 1. The molecular weight excluding hydrogens is 447 g/mol. The molecule has 1 aliphatic heterocycles. The van der Waals surface area contributed by atoms with Crippen LogP contribution in [0.5, 0.6) is 0 Å². The predicted molar refractivity (Wildman–Crippen MR) is 112 cm³/mol. The number of hydrogen-bond acceptors (Lipinski definition) is 3. The van der Waals surface area contributed by atoms with Gasteiger partial charge in [0.2, 0.25) is 5.91 Å². The number of alkyl halides is 3. The maximum atomic E-state index is 12.9. The summed E-state index contributed by atoms with van der Waals surface area (Å²) in [6, 6.07) is 11.3. The molecule has 1 saturated heterocycles. The first-order chi connectivity index (χ1) is 13.7. The van der Waals surface area contributed by atoms with Crippen LogP contribution in [-0.2, 0) is 17.4 Å². The molecule has 0 spiro atoms. The van der Waals surface area contributed by atoms with Gasteiger partial charge in [-0.25, -0.2) is 0 Å². The zero-order valence-corrected chi connectivity index (χ0v) is 17.7. The van der Waals surface area contributed by atoms with E-state index in [1.807, 2.05) is 23.1 Å². The van der Waals surface area contributed by atoms with Crippen LogP contribution in [0, 0.1) is 0 Å². The molecule has 0 saturated carbocycles. The highest BCUT2D eigenvalue weighted by Gasteiger charge is 2.31. The molecular formula is C21H23BrF3N3O. The standard InChI is InChI=1S/C21H23BrF3N3O/c1-15(29)26-20-16(4-2-7-19(20)22)8-9-27-10-12-28(13-11-27)18-6-3-5-17(14-18)21(23,24)25/h2-7,14H,8-13H2,1H3,(H,26,29). The molecule has 1 N–H and O–H groups in total.